The number of nitrogens with one attached hydrogen (secondary N) is 1. The van der Waals surface area contributed by atoms with Gasteiger partial charge in [0.25, 0.3) is 0 Å². The number of amidine groups is 1. The van der Waals surface area contributed by atoms with E-state index in [0.29, 0.717) is 24.6 Å². The van der Waals surface area contributed by atoms with Gasteiger partial charge in [-0.05, 0) is 62.7 Å². The normalized spacial score (nSPS) is 15.2. The van der Waals surface area contributed by atoms with E-state index in [4.69, 9.17) is 9.47 Å². The number of carbonyl (C=O) groups excluding carboxylic acids is 1. The first kappa shape index (κ1) is 32.9. The van der Waals surface area contributed by atoms with Crippen molar-refractivity contribution in [3.8, 4) is 11.5 Å². The number of nitrogens with zero attached hydrogens (tertiary/aromatic N) is 4. The lowest BCUT2D eigenvalue weighted by Gasteiger charge is -2.37. The van der Waals surface area contributed by atoms with Crippen molar-refractivity contribution >= 4 is 17.8 Å². The quantitative estimate of drug-likeness (QED) is 0.0950. The first-order valence-electron chi connectivity index (χ1n) is 14.9. The summed E-state index contributed by atoms with van der Waals surface area (Å²) in [5.41, 5.74) is 4.14. The first-order chi connectivity index (χ1) is 20.4. The van der Waals surface area contributed by atoms with Crippen molar-refractivity contribution in [2.45, 2.75) is 39.3 Å². The Kier molecular flexibility index (Phi) is 13.6. The second kappa shape index (κ2) is 17.4. The molecule has 0 spiro atoms. The molecule has 2 aromatic carbocycles. The molecule has 42 heavy (non-hydrogen) atoms. The number of aldehydes is 1. The Morgan fingerprint density at radius 1 is 1.14 bits per heavy atom. The molecular weight excluding hydrogens is 526 g/mol. The highest BCUT2D eigenvalue weighted by atomic mass is 16.5. The molecule has 8 nitrogen and oxygen atoms in total. The molecule has 0 bridgehead atoms. The summed E-state index contributed by atoms with van der Waals surface area (Å²) in [5.74, 6) is 2.35. The summed E-state index contributed by atoms with van der Waals surface area (Å²) in [6.45, 7) is 15.1. The van der Waals surface area contributed by atoms with Crippen LogP contribution in [0.1, 0.15) is 54.2 Å². The number of likely N-dealkylation sites (N-methyl/N-ethyl adjacent to an activating group) is 1. The fourth-order valence-corrected chi connectivity index (χ4v) is 5.50. The number of allylic oxidation sites excluding steroid dienone is 2. The van der Waals surface area contributed by atoms with Crippen molar-refractivity contribution in [3.63, 3.8) is 0 Å². The van der Waals surface area contributed by atoms with Crippen LogP contribution in [0.5, 0.6) is 11.5 Å². The third-order valence-electron chi connectivity index (χ3n) is 7.95. The van der Waals surface area contributed by atoms with Crippen LogP contribution in [0.3, 0.4) is 0 Å². The highest BCUT2D eigenvalue weighted by Crippen LogP contribution is 2.35. The van der Waals surface area contributed by atoms with Gasteiger partial charge in [0.1, 0.15) is 6.29 Å². The Morgan fingerprint density at radius 3 is 2.57 bits per heavy atom. The molecule has 3 rings (SSSR count). The topological polar surface area (TPSA) is 69.6 Å². The van der Waals surface area contributed by atoms with Gasteiger partial charge in [-0.3, -0.25) is 14.7 Å². The molecule has 1 aliphatic heterocycles. The van der Waals surface area contributed by atoms with Crippen molar-refractivity contribution in [1.82, 2.24) is 15.1 Å². The van der Waals surface area contributed by atoms with Gasteiger partial charge in [0.15, 0.2) is 11.5 Å². The van der Waals surface area contributed by atoms with E-state index in [2.05, 4.69) is 63.8 Å². The van der Waals surface area contributed by atoms with Crippen LogP contribution in [0.25, 0.3) is 0 Å². The molecule has 1 aliphatic rings. The van der Waals surface area contributed by atoms with E-state index in [1.54, 1.807) is 20.3 Å². The highest BCUT2D eigenvalue weighted by Gasteiger charge is 2.24. The zero-order chi connectivity index (χ0) is 30.3. The third kappa shape index (κ3) is 9.19. The Labute approximate surface area is 252 Å². The molecule has 1 N–H and O–H groups in total. The molecule has 0 radical (unpaired) electrons. The largest absolute Gasteiger partial charge is 0.493 e. The SMILES string of the molecule is C=CC=CCN=C(C)NCCC[C@H](c1ccc(OC)c(OC)c1)N(C)Cc1c(C=O)cccc1N1CCN(CC)CC1. The molecule has 0 amide bonds. The van der Waals surface area contributed by atoms with E-state index in [9.17, 15) is 4.79 Å². The molecule has 0 aliphatic carbocycles. The summed E-state index contributed by atoms with van der Waals surface area (Å²) >= 11 is 0. The Hall–Kier alpha value is -3.62. The van der Waals surface area contributed by atoms with Crippen LogP contribution in [-0.2, 0) is 6.54 Å². The van der Waals surface area contributed by atoms with E-state index in [1.165, 1.54) is 0 Å². The van der Waals surface area contributed by atoms with Gasteiger partial charge in [-0.1, -0.05) is 49.9 Å². The van der Waals surface area contributed by atoms with Gasteiger partial charge < -0.3 is 24.6 Å². The molecule has 1 fully saturated rings. The number of piperazine rings is 1. The Morgan fingerprint density at radius 2 is 1.90 bits per heavy atom. The van der Waals surface area contributed by atoms with Crippen LogP contribution in [0.2, 0.25) is 0 Å². The second-order valence-electron chi connectivity index (χ2n) is 10.6. The molecule has 0 unspecified atom stereocenters. The summed E-state index contributed by atoms with van der Waals surface area (Å²) in [6.07, 6.45) is 8.49. The maximum atomic E-state index is 12.2. The second-order valence-corrected chi connectivity index (χ2v) is 10.6. The number of hydrogen-bond acceptors (Lipinski definition) is 7. The molecule has 228 valence electrons. The number of ether oxygens (including phenoxy) is 2. The van der Waals surface area contributed by atoms with E-state index in [0.717, 1.165) is 86.6 Å². The lowest BCUT2D eigenvalue weighted by molar-refractivity contribution is 0.112. The minimum atomic E-state index is 0.101. The summed E-state index contributed by atoms with van der Waals surface area (Å²) in [4.78, 5) is 24.0. The van der Waals surface area contributed by atoms with Gasteiger partial charge in [-0.15, -0.1) is 0 Å². The van der Waals surface area contributed by atoms with Gasteiger partial charge in [-0.2, -0.15) is 0 Å². The zero-order valence-electron chi connectivity index (χ0n) is 26.1. The summed E-state index contributed by atoms with van der Waals surface area (Å²) in [6, 6.07) is 12.4. The fourth-order valence-electron chi connectivity index (χ4n) is 5.50. The van der Waals surface area contributed by atoms with E-state index in [-0.39, 0.29) is 6.04 Å². The van der Waals surface area contributed by atoms with Crippen molar-refractivity contribution in [2.75, 3.05) is 72.0 Å². The lowest BCUT2D eigenvalue weighted by Crippen LogP contribution is -2.46. The lowest BCUT2D eigenvalue weighted by atomic mass is 9.97. The monoisotopic (exact) mass is 575 g/mol. The van der Waals surface area contributed by atoms with Crippen LogP contribution < -0.4 is 19.7 Å². The van der Waals surface area contributed by atoms with Crippen molar-refractivity contribution < 1.29 is 14.3 Å². The molecule has 8 heteroatoms. The molecule has 1 atom stereocenters. The van der Waals surface area contributed by atoms with Crippen LogP contribution in [-0.4, -0.2) is 89.0 Å². The molecule has 1 saturated heterocycles. The van der Waals surface area contributed by atoms with Gasteiger partial charge in [0.2, 0.25) is 0 Å². The number of carbonyl (C=O) groups is 1. The summed E-state index contributed by atoms with van der Waals surface area (Å²) < 4.78 is 11.2. The van der Waals surface area contributed by atoms with Crippen molar-refractivity contribution in [3.05, 3.63) is 77.9 Å². The van der Waals surface area contributed by atoms with E-state index in [1.807, 2.05) is 37.3 Å². The summed E-state index contributed by atoms with van der Waals surface area (Å²) in [7, 11) is 5.47. The van der Waals surface area contributed by atoms with Crippen LogP contribution in [0, 0.1) is 0 Å². The van der Waals surface area contributed by atoms with Gasteiger partial charge in [0.05, 0.1) is 26.6 Å². The van der Waals surface area contributed by atoms with Crippen LogP contribution >= 0.6 is 0 Å². The average Bonchev–Trinajstić information content (AvgIpc) is 3.02. The number of hydrogen-bond donors (Lipinski definition) is 1. The molecule has 1 heterocycles. The maximum Gasteiger partial charge on any atom is 0.161 e. The smallest absolute Gasteiger partial charge is 0.161 e. The van der Waals surface area contributed by atoms with Crippen molar-refractivity contribution in [2.24, 2.45) is 4.99 Å². The predicted molar refractivity (Wildman–Crippen MR) is 174 cm³/mol. The van der Waals surface area contributed by atoms with Gasteiger partial charge in [0, 0.05) is 56.6 Å². The minimum Gasteiger partial charge on any atom is -0.493 e. The van der Waals surface area contributed by atoms with Crippen LogP contribution in [0.15, 0.2) is 66.2 Å². The molecule has 0 aromatic heterocycles. The Balaban J connectivity index is 1.83. The predicted octanol–water partition coefficient (Wildman–Crippen LogP) is 5.36. The molecule has 2 aromatic rings. The third-order valence-corrected chi connectivity index (χ3v) is 7.95. The number of benzene rings is 2. The average molecular weight is 576 g/mol. The fraction of sp³-hybridized carbons (Fsp3) is 0.471. The van der Waals surface area contributed by atoms with Gasteiger partial charge >= 0.3 is 0 Å². The zero-order valence-corrected chi connectivity index (χ0v) is 26.1. The summed E-state index contributed by atoms with van der Waals surface area (Å²) in [5, 5.41) is 3.44. The molecule has 0 saturated carbocycles. The van der Waals surface area contributed by atoms with Crippen molar-refractivity contribution in [1.29, 1.82) is 0 Å². The Bertz CT molecular complexity index is 1200. The standard InChI is InChI=1S/C34H49N5O3/c1-7-9-10-18-35-27(3)36-19-12-15-31(28-16-17-33(41-5)34(24-28)42-6)37(4)25-30-29(26-40)13-11-14-32(30)39-22-20-38(8-2)21-23-39/h7,9-11,13-14,16-17,24,26,31H,1,8,12,15,18-23,25H2,2-6H3,(H,35,36)/t31-/m1/s1. The number of methoxy groups -OCH3 is 2. The first-order valence-corrected chi connectivity index (χ1v) is 14.9. The number of aliphatic imine (C=N–C) groups is 1. The van der Waals surface area contributed by atoms with Gasteiger partial charge in [-0.25, -0.2) is 0 Å². The van der Waals surface area contributed by atoms with Crippen LogP contribution in [0.4, 0.5) is 5.69 Å². The minimum absolute atomic E-state index is 0.101. The maximum absolute atomic E-state index is 12.2. The highest BCUT2D eigenvalue weighted by molar-refractivity contribution is 5.81. The van der Waals surface area contributed by atoms with E-state index < -0.39 is 0 Å². The number of rotatable bonds is 16. The molecular formula is C34H49N5O3. The van der Waals surface area contributed by atoms with E-state index >= 15 is 0 Å². The number of anilines is 1.